The van der Waals surface area contributed by atoms with E-state index in [2.05, 4.69) is 10.2 Å². The standard InChI is InChI=1S/C12H17F3N2/c1-16-7-8-17(2)9-10-3-5-11(6-4-10)12(13,14)15/h3-6,16H,7-9H2,1-2H3. The Morgan fingerprint density at radius 1 is 1.18 bits per heavy atom. The van der Waals surface area contributed by atoms with Crippen molar-refractivity contribution in [3.05, 3.63) is 35.4 Å². The van der Waals surface area contributed by atoms with Gasteiger partial charge in [0.25, 0.3) is 0 Å². The molecule has 96 valence electrons. The zero-order chi connectivity index (χ0) is 12.9. The number of hydrogen-bond acceptors (Lipinski definition) is 2. The van der Waals surface area contributed by atoms with Gasteiger partial charge in [0.05, 0.1) is 5.56 Å². The summed E-state index contributed by atoms with van der Waals surface area (Å²) in [5.74, 6) is 0. The van der Waals surface area contributed by atoms with Crippen LogP contribution in [0, 0.1) is 0 Å². The first-order valence-electron chi connectivity index (χ1n) is 5.43. The fourth-order valence-electron chi connectivity index (χ4n) is 1.49. The Morgan fingerprint density at radius 3 is 2.24 bits per heavy atom. The van der Waals surface area contributed by atoms with Crippen molar-refractivity contribution >= 4 is 0 Å². The molecule has 0 amide bonds. The molecule has 0 aliphatic rings. The smallest absolute Gasteiger partial charge is 0.318 e. The van der Waals surface area contributed by atoms with Gasteiger partial charge in [-0.15, -0.1) is 0 Å². The van der Waals surface area contributed by atoms with Crippen molar-refractivity contribution in [3.8, 4) is 0 Å². The van der Waals surface area contributed by atoms with Crippen molar-refractivity contribution in [2.45, 2.75) is 12.7 Å². The van der Waals surface area contributed by atoms with Gasteiger partial charge in [0.1, 0.15) is 0 Å². The summed E-state index contributed by atoms with van der Waals surface area (Å²) in [5.41, 5.74) is 0.288. The van der Waals surface area contributed by atoms with Crippen LogP contribution in [0.2, 0.25) is 0 Å². The Kier molecular flexibility index (Phi) is 4.96. The zero-order valence-electron chi connectivity index (χ0n) is 10.0. The Labute approximate surface area is 99.4 Å². The molecule has 0 atom stereocenters. The average Bonchev–Trinajstić information content (AvgIpc) is 2.26. The number of rotatable bonds is 5. The predicted molar refractivity (Wildman–Crippen MR) is 61.7 cm³/mol. The Hall–Kier alpha value is -1.07. The van der Waals surface area contributed by atoms with Gasteiger partial charge in [0.15, 0.2) is 0 Å². The minimum absolute atomic E-state index is 0.598. The highest BCUT2D eigenvalue weighted by molar-refractivity contribution is 5.24. The Bertz CT molecular complexity index is 333. The van der Waals surface area contributed by atoms with Gasteiger partial charge in [-0.2, -0.15) is 13.2 Å². The number of alkyl halides is 3. The maximum Gasteiger partial charge on any atom is 0.416 e. The van der Waals surface area contributed by atoms with E-state index in [9.17, 15) is 13.2 Å². The third kappa shape index (κ3) is 4.75. The van der Waals surface area contributed by atoms with E-state index in [-0.39, 0.29) is 0 Å². The number of likely N-dealkylation sites (N-methyl/N-ethyl adjacent to an activating group) is 2. The molecule has 17 heavy (non-hydrogen) atoms. The van der Waals surface area contributed by atoms with Crippen LogP contribution >= 0.6 is 0 Å². The fraction of sp³-hybridized carbons (Fsp3) is 0.500. The van der Waals surface area contributed by atoms with Gasteiger partial charge >= 0.3 is 6.18 Å². The molecule has 1 aromatic carbocycles. The first kappa shape index (κ1) is 14.0. The van der Waals surface area contributed by atoms with Crippen LogP contribution in [0.5, 0.6) is 0 Å². The molecule has 0 radical (unpaired) electrons. The van der Waals surface area contributed by atoms with E-state index in [4.69, 9.17) is 0 Å². The van der Waals surface area contributed by atoms with E-state index < -0.39 is 11.7 Å². The molecule has 0 unspecified atom stereocenters. The number of nitrogens with zero attached hydrogens (tertiary/aromatic N) is 1. The second kappa shape index (κ2) is 6.02. The summed E-state index contributed by atoms with van der Waals surface area (Å²) in [5, 5.41) is 3.02. The molecule has 2 nitrogen and oxygen atoms in total. The second-order valence-electron chi connectivity index (χ2n) is 4.04. The Morgan fingerprint density at radius 2 is 1.76 bits per heavy atom. The molecule has 0 heterocycles. The molecular formula is C12H17F3N2. The first-order valence-corrected chi connectivity index (χ1v) is 5.43. The molecule has 1 aromatic rings. The average molecular weight is 246 g/mol. The van der Waals surface area contributed by atoms with Gasteiger partial charge in [-0.25, -0.2) is 0 Å². The van der Waals surface area contributed by atoms with Crippen molar-refractivity contribution in [1.82, 2.24) is 10.2 Å². The number of benzene rings is 1. The van der Waals surface area contributed by atoms with Crippen molar-refractivity contribution < 1.29 is 13.2 Å². The van der Waals surface area contributed by atoms with E-state index in [0.717, 1.165) is 30.8 Å². The molecule has 0 saturated heterocycles. The van der Waals surface area contributed by atoms with Crippen molar-refractivity contribution in [2.24, 2.45) is 0 Å². The molecule has 0 saturated carbocycles. The van der Waals surface area contributed by atoms with E-state index in [0.29, 0.717) is 6.54 Å². The largest absolute Gasteiger partial charge is 0.416 e. The van der Waals surface area contributed by atoms with Gasteiger partial charge in [0, 0.05) is 19.6 Å². The molecule has 5 heteroatoms. The van der Waals surface area contributed by atoms with Gasteiger partial charge in [-0.05, 0) is 31.8 Å². The maximum absolute atomic E-state index is 12.3. The zero-order valence-corrected chi connectivity index (χ0v) is 10.0. The Balaban J connectivity index is 2.56. The van der Waals surface area contributed by atoms with Crippen LogP contribution in [0.25, 0.3) is 0 Å². The lowest BCUT2D eigenvalue weighted by atomic mass is 10.1. The van der Waals surface area contributed by atoms with Crippen LogP contribution < -0.4 is 5.32 Å². The molecule has 1 rings (SSSR count). The van der Waals surface area contributed by atoms with Crippen molar-refractivity contribution in [2.75, 3.05) is 27.2 Å². The highest BCUT2D eigenvalue weighted by Crippen LogP contribution is 2.29. The summed E-state index contributed by atoms with van der Waals surface area (Å²) in [6, 6.07) is 5.31. The van der Waals surface area contributed by atoms with Gasteiger partial charge < -0.3 is 10.2 Å². The van der Waals surface area contributed by atoms with Crippen LogP contribution in [0.15, 0.2) is 24.3 Å². The fourth-order valence-corrected chi connectivity index (χ4v) is 1.49. The summed E-state index contributed by atoms with van der Waals surface area (Å²) in [7, 11) is 3.81. The number of hydrogen-bond donors (Lipinski definition) is 1. The topological polar surface area (TPSA) is 15.3 Å². The van der Waals surface area contributed by atoms with E-state index in [1.807, 2.05) is 14.1 Å². The molecule has 0 bridgehead atoms. The van der Waals surface area contributed by atoms with Crippen LogP contribution in [-0.4, -0.2) is 32.1 Å². The highest BCUT2D eigenvalue weighted by atomic mass is 19.4. The normalized spacial score (nSPS) is 12.1. The monoisotopic (exact) mass is 246 g/mol. The van der Waals surface area contributed by atoms with Crippen molar-refractivity contribution in [1.29, 1.82) is 0 Å². The van der Waals surface area contributed by atoms with E-state index >= 15 is 0 Å². The molecule has 0 fully saturated rings. The maximum atomic E-state index is 12.3. The van der Waals surface area contributed by atoms with E-state index in [1.54, 1.807) is 0 Å². The van der Waals surface area contributed by atoms with Gasteiger partial charge in [-0.3, -0.25) is 0 Å². The molecule has 0 aliphatic heterocycles. The number of nitrogens with one attached hydrogen (secondary N) is 1. The van der Waals surface area contributed by atoms with Gasteiger partial charge in [0.2, 0.25) is 0 Å². The van der Waals surface area contributed by atoms with Crippen LogP contribution in [0.1, 0.15) is 11.1 Å². The summed E-state index contributed by atoms with van der Waals surface area (Å²) in [6.07, 6.45) is -4.25. The predicted octanol–water partition coefficient (Wildman–Crippen LogP) is 2.36. The third-order valence-electron chi connectivity index (χ3n) is 2.48. The molecule has 0 aromatic heterocycles. The molecule has 0 spiro atoms. The lowest BCUT2D eigenvalue weighted by Gasteiger charge is -2.16. The lowest BCUT2D eigenvalue weighted by Crippen LogP contribution is -2.26. The molecule has 1 N–H and O–H groups in total. The number of halogens is 3. The van der Waals surface area contributed by atoms with Crippen LogP contribution in [0.3, 0.4) is 0 Å². The first-order chi connectivity index (χ1) is 7.93. The van der Waals surface area contributed by atoms with Crippen molar-refractivity contribution in [3.63, 3.8) is 0 Å². The summed E-state index contributed by atoms with van der Waals surface area (Å²) >= 11 is 0. The summed E-state index contributed by atoms with van der Waals surface area (Å²) in [4.78, 5) is 2.05. The van der Waals surface area contributed by atoms with Crippen LogP contribution in [0.4, 0.5) is 13.2 Å². The van der Waals surface area contributed by atoms with Gasteiger partial charge in [-0.1, -0.05) is 12.1 Å². The van der Waals surface area contributed by atoms with Crippen LogP contribution in [-0.2, 0) is 12.7 Å². The summed E-state index contributed by atoms with van der Waals surface area (Å²) in [6.45, 7) is 2.37. The summed E-state index contributed by atoms with van der Waals surface area (Å²) < 4.78 is 37.0. The molecular weight excluding hydrogens is 229 g/mol. The SMILES string of the molecule is CNCCN(C)Cc1ccc(C(F)(F)F)cc1. The third-order valence-corrected chi connectivity index (χ3v) is 2.48. The van der Waals surface area contributed by atoms with E-state index in [1.165, 1.54) is 12.1 Å². The lowest BCUT2D eigenvalue weighted by molar-refractivity contribution is -0.137. The minimum Gasteiger partial charge on any atom is -0.318 e. The second-order valence-corrected chi connectivity index (χ2v) is 4.04. The quantitative estimate of drug-likeness (QED) is 0.858. The highest BCUT2D eigenvalue weighted by Gasteiger charge is 2.29. The minimum atomic E-state index is -4.25. The molecule has 0 aliphatic carbocycles.